The van der Waals surface area contributed by atoms with E-state index in [4.69, 9.17) is 5.73 Å². The summed E-state index contributed by atoms with van der Waals surface area (Å²) < 4.78 is 0. The van der Waals surface area contributed by atoms with Gasteiger partial charge in [0.15, 0.2) is 0 Å². The highest BCUT2D eigenvalue weighted by molar-refractivity contribution is 5.54. The minimum Gasteiger partial charge on any atom is -0.373 e. The van der Waals surface area contributed by atoms with Crippen LogP contribution in [-0.4, -0.2) is 44.7 Å². The number of rotatable bonds is 6. The third-order valence-corrected chi connectivity index (χ3v) is 4.01. The van der Waals surface area contributed by atoms with Gasteiger partial charge in [-0.15, -0.1) is 0 Å². The number of hydrogen-bond acceptors (Lipinski definition) is 3. The van der Waals surface area contributed by atoms with Gasteiger partial charge in [0, 0.05) is 25.8 Å². The molecule has 0 saturated carbocycles. The Morgan fingerprint density at radius 2 is 2.00 bits per heavy atom. The van der Waals surface area contributed by atoms with E-state index in [-0.39, 0.29) is 0 Å². The maximum absolute atomic E-state index is 5.73. The molecule has 0 aliphatic carbocycles. The van der Waals surface area contributed by atoms with E-state index in [0.717, 1.165) is 19.5 Å². The van der Waals surface area contributed by atoms with E-state index in [0.29, 0.717) is 0 Å². The van der Waals surface area contributed by atoms with Gasteiger partial charge in [-0.3, -0.25) is 0 Å². The van der Waals surface area contributed by atoms with Crippen molar-refractivity contribution in [2.24, 2.45) is 5.73 Å². The Hall–Kier alpha value is -1.06. The topological polar surface area (TPSA) is 32.5 Å². The van der Waals surface area contributed by atoms with Gasteiger partial charge in [-0.2, -0.15) is 0 Å². The molecule has 0 atom stereocenters. The van der Waals surface area contributed by atoms with Crippen LogP contribution in [0, 0.1) is 6.92 Å². The second-order valence-corrected chi connectivity index (χ2v) is 5.64. The summed E-state index contributed by atoms with van der Waals surface area (Å²) >= 11 is 0. The fraction of sp³-hybridized carbons (Fsp3) is 0.625. The van der Waals surface area contributed by atoms with Crippen LogP contribution < -0.4 is 10.6 Å². The van der Waals surface area contributed by atoms with Crippen molar-refractivity contribution in [2.45, 2.75) is 26.2 Å². The molecule has 2 rings (SSSR count). The van der Waals surface area contributed by atoms with Crippen molar-refractivity contribution in [1.82, 2.24) is 4.90 Å². The van der Waals surface area contributed by atoms with E-state index in [1.54, 1.807) is 0 Å². The van der Waals surface area contributed by atoms with Crippen LogP contribution in [0.3, 0.4) is 0 Å². The first-order chi connectivity index (χ1) is 9.20. The first kappa shape index (κ1) is 14.4. The van der Waals surface area contributed by atoms with Crippen molar-refractivity contribution in [3.63, 3.8) is 0 Å². The predicted molar refractivity (Wildman–Crippen MR) is 82.9 cm³/mol. The van der Waals surface area contributed by atoms with Gasteiger partial charge in [0.1, 0.15) is 0 Å². The standard InChI is InChI=1S/C16H27N3/c1-14-5-6-16(15(13-14)7-8-17)18(2)11-12-19-9-3-4-10-19/h5-6,13H,3-4,7-12,17H2,1-2H3. The van der Waals surface area contributed by atoms with E-state index >= 15 is 0 Å². The van der Waals surface area contributed by atoms with Crippen molar-refractivity contribution < 1.29 is 0 Å². The number of hydrogen-bond donors (Lipinski definition) is 1. The zero-order valence-corrected chi connectivity index (χ0v) is 12.4. The van der Waals surface area contributed by atoms with E-state index in [1.165, 1.54) is 49.3 Å². The molecule has 106 valence electrons. The molecule has 1 aromatic carbocycles. The molecule has 1 heterocycles. The van der Waals surface area contributed by atoms with E-state index in [9.17, 15) is 0 Å². The Morgan fingerprint density at radius 1 is 1.26 bits per heavy atom. The Morgan fingerprint density at radius 3 is 2.68 bits per heavy atom. The van der Waals surface area contributed by atoms with Crippen molar-refractivity contribution in [2.75, 3.05) is 44.7 Å². The lowest BCUT2D eigenvalue weighted by Crippen LogP contribution is -2.32. The largest absolute Gasteiger partial charge is 0.373 e. The smallest absolute Gasteiger partial charge is 0.0397 e. The van der Waals surface area contributed by atoms with Gasteiger partial charge in [0.25, 0.3) is 0 Å². The number of anilines is 1. The van der Waals surface area contributed by atoms with Crippen LogP contribution in [0.1, 0.15) is 24.0 Å². The summed E-state index contributed by atoms with van der Waals surface area (Å²) in [6.07, 6.45) is 3.70. The Balaban J connectivity index is 1.98. The Kier molecular flexibility index (Phi) is 5.23. The van der Waals surface area contributed by atoms with Crippen LogP contribution in [0.25, 0.3) is 0 Å². The molecule has 1 aliphatic rings. The van der Waals surface area contributed by atoms with Crippen LogP contribution in [0.2, 0.25) is 0 Å². The van der Waals surface area contributed by atoms with E-state index in [2.05, 4.69) is 42.0 Å². The lowest BCUT2D eigenvalue weighted by Gasteiger charge is -2.25. The number of nitrogens with two attached hydrogens (primary N) is 1. The second-order valence-electron chi connectivity index (χ2n) is 5.64. The first-order valence-electron chi connectivity index (χ1n) is 7.44. The highest BCUT2D eigenvalue weighted by Gasteiger charge is 2.13. The first-order valence-corrected chi connectivity index (χ1v) is 7.44. The second kappa shape index (κ2) is 6.92. The van der Waals surface area contributed by atoms with Gasteiger partial charge in [0.05, 0.1) is 0 Å². The van der Waals surface area contributed by atoms with Gasteiger partial charge in [-0.1, -0.05) is 17.7 Å². The molecule has 1 aliphatic heterocycles. The van der Waals surface area contributed by atoms with E-state index in [1.807, 2.05) is 0 Å². The average Bonchev–Trinajstić information content (AvgIpc) is 2.90. The normalized spacial score (nSPS) is 15.9. The number of likely N-dealkylation sites (N-methyl/N-ethyl adjacent to an activating group) is 1. The molecule has 0 amide bonds. The molecule has 19 heavy (non-hydrogen) atoms. The van der Waals surface area contributed by atoms with Gasteiger partial charge in [-0.25, -0.2) is 0 Å². The van der Waals surface area contributed by atoms with Crippen LogP contribution in [0.5, 0.6) is 0 Å². The predicted octanol–water partition coefficient (Wildman–Crippen LogP) is 2.03. The summed E-state index contributed by atoms with van der Waals surface area (Å²) in [6, 6.07) is 6.71. The molecular weight excluding hydrogens is 234 g/mol. The Labute approximate surface area is 117 Å². The van der Waals surface area contributed by atoms with Crippen LogP contribution in [0.15, 0.2) is 18.2 Å². The summed E-state index contributed by atoms with van der Waals surface area (Å²) in [6.45, 7) is 7.69. The highest BCUT2D eigenvalue weighted by atomic mass is 15.2. The zero-order valence-electron chi connectivity index (χ0n) is 12.4. The maximum atomic E-state index is 5.73. The number of likely N-dealkylation sites (tertiary alicyclic amines) is 1. The third-order valence-electron chi connectivity index (χ3n) is 4.01. The van der Waals surface area contributed by atoms with Crippen molar-refractivity contribution >= 4 is 5.69 Å². The molecule has 0 spiro atoms. The van der Waals surface area contributed by atoms with Gasteiger partial charge >= 0.3 is 0 Å². The van der Waals surface area contributed by atoms with Crippen LogP contribution >= 0.6 is 0 Å². The molecule has 1 fully saturated rings. The summed E-state index contributed by atoms with van der Waals surface area (Å²) in [7, 11) is 2.20. The lowest BCUT2D eigenvalue weighted by atomic mass is 10.1. The Bertz CT molecular complexity index is 397. The highest BCUT2D eigenvalue weighted by Crippen LogP contribution is 2.21. The quantitative estimate of drug-likeness (QED) is 0.850. The molecule has 0 bridgehead atoms. The third kappa shape index (κ3) is 3.95. The fourth-order valence-electron chi connectivity index (χ4n) is 2.86. The van der Waals surface area contributed by atoms with Crippen molar-refractivity contribution in [3.8, 4) is 0 Å². The molecular formula is C16H27N3. The molecule has 1 saturated heterocycles. The SMILES string of the molecule is Cc1ccc(N(C)CCN2CCCC2)c(CCN)c1. The molecule has 0 radical (unpaired) electrons. The summed E-state index contributed by atoms with van der Waals surface area (Å²) in [4.78, 5) is 4.94. The van der Waals surface area contributed by atoms with Gasteiger partial charge in [0.2, 0.25) is 0 Å². The van der Waals surface area contributed by atoms with Crippen molar-refractivity contribution in [1.29, 1.82) is 0 Å². The summed E-state index contributed by atoms with van der Waals surface area (Å²) in [5, 5.41) is 0. The molecule has 2 N–H and O–H groups in total. The average molecular weight is 261 g/mol. The van der Waals surface area contributed by atoms with Crippen molar-refractivity contribution in [3.05, 3.63) is 29.3 Å². The molecule has 1 aromatic rings. The lowest BCUT2D eigenvalue weighted by molar-refractivity contribution is 0.346. The van der Waals surface area contributed by atoms with Gasteiger partial charge < -0.3 is 15.5 Å². The fourth-order valence-corrected chi connectivity index (χ4v) is 2.86. The molecule has 0 aromatic heterocycles. The van der Waals surface area contributed by atoms with Crippen LogP contribution in [-0.2, 0) is 6.42 Å². The zero-order chi connectivity index (χ0) is 13.7. The summed E-state index contributed by atoms with van der Waals surface area (Å²) in [5.41, 5.74) is 9.77. The van der Waals surface area contributed by atoms with Gasteiger partial charge in [-0.05, 0) is 57.5 Å². The van der Waals surface area contributed by atoms with Crippen LogP contribution in [0.4, 0.5) is 5.69 Å². The molecule has 3 heteroatoms. The van der Waals surface area contributed by atoms with E-state index < -0.39 is 0 Å². The minimum absolute atomic E-state index is 0.719. The minimum atomic E-state index is 0.719. The molecule has 3 nitrogen and oxygen atoms in total. The summed E-state index contributed by atoms with van der Waals surface area (Å²) in [5.74, 6) is 0. The maximum Gasteiger partial charge on any atom is 0.0397 e. The monoisotopic (exact) mass is 261 g/mol. The molecule has 0 unspecified atom stereocenters. The number of nitrogens with zero attached hydrogens (tertiary/aromatic N) is 2. The number of aryl methyl sites for hydroxylation is 1. The number of benzene rings is 1.